The van der Waals surface area contributed by atoms with Crippen LogP contribution in [0.1, 0.15) is 20.3 Å². The summed E-state index contributed by atoms with van der Waals surface area (Å²) in [5.41, 5.74) is 2.15. The van der Waals surface area contributed by atoms with Crippen LogP contribution in [0.25, 0.3) is 0 Å². The van der Waals surface area contributed by atoms with Crippen molar-refractivity contribution in [1.29, 1.82) is 0 Å². The predicted octanol–water partition coefficient (Wildman–Crippen LogP) is 2.45. The number of hydrogen-bond acceptors (Lipinski definition) is 1. The monoisotopic (exact) mass is 152 g/mol. The first-order valence-electron chi connectivity index (χ1n) is 3.80. The molecule has 0 aliphatic carbocycles. The Kier molecular flexibility index (Phi) is 5.49. The van der Waals surface area contributed by atoms with Crippen molar-refractivity contribution in [3.63, 3.8) is 0 Å². The van der Waals surface area contributed by atoms with E-state index in [0.29, 0.717) is 6.42 Å². The molecule has 0 unspecified atom stereocenters. The molecule has 62 valence electrons. The van der Waals surface area contributed by atoms with Gasteiger partial charge in [-0.2, -0.15) is 0 Å². The van der Waals surface area contributed by atoms with E-state index >= 15 is 0 Å². The third-order valence-electron chi connectivity index (χ3n) is 1.21. The van der Waals surface area contributed by atoms with Crippen LogP contribution in [-0.2, 0) is 0 Å². The van der Waals surface area contributed by atoms with Gasteiger partial charge in [0.2, 0.25) is 0 Å². The largest absolute Gasteiger partial charge is 0.396 e. The second-order valence-corrected chi connectivity index (χ2v) is 2.54. The SMILES string of the molecule is C=C(C)C=C(C=CC)CCO. The van der Waals surface area contributed by atoms with E-state index in [-0.39, 0.29) is 6.61 Å². The fraction of sp³-hybridized carbons (Fsp3) is 0.400. The van der Waals surface area contributed by atoms with Crippen LogP contribution in [0.3, 0.4) is 0 Å². The van der Waals surface area contributed by atoms with Crippen molar-refractivity contribution in [2.24, 2.45) is 0 Å². The Morgan fingerprint density at radius 2 is 2.18 bits per heavy atom. The second kappa shape index (κ2) is 5.93. The minimum atomic E-state index is 0.198. The van der Waals surface area contributed by atoms with Gasteiger partial charge in [0.25, 0.3) is 0 Å². The maximum Gasteiger partial charge on any atom is 0.0471 e. The van der Waals surface area contributed by atoms with Crippen LogP contribution in [0.15, 0.2) is 36.0 Å². The number of allylic oxidation sites excluding steroid dienone is 4. The third-order valence-corrected chi connectivity index (χ3v) is 1.21. The molecule has 0 fully saturated rings. The summed E-state index contributed by atoms with van der Waals surface area (Å²) in [6.45, 7) is 7.87. The molecule has 0 aromatic carbocycles. The molecule has 0 rings (SSSR count). The number of aliphatic hydroxyl groups is 1. The van der Waals surface area contributed by atoms with Crippen LogP contribution in [0.5, 0.6) is 0 Å². The van der Waals surface area contributed by atoms with Gasteiger partial charge >= 0.3 is 0 Å². The lowest BCUT2D eigenvalue weighted by Crippen LogP contribution is -1.85. The van der Waals surface area contributed by atoms with Gasteiger partial charge in [-0.1, -0.05) is 30.4 Å². The van der Waals surface area contributed by atoms with Gasteiger partial charge in [0.05, 0.1) is 0 Å². The molecule has 0 saturated heterocycles. The van der Waals surface area contributed by atoms with E-state index in [2.05, 4.69) is 6.58 Å². The number of aliphatic hydroxyl groups excluding tert-OH is 1. The Hall–Kier alpha value is -0.820. The molecule has 0 saturated carbocycles. The van der Waals surface area contributed by atoms with E-state index in [4.69, 9.17) is 5.11 Å². The van der Waals surface area contributed by atoms with Crippen LogP contribution in [-0.4, -0.2) is 11.7 Å². The van der Waals surface area contributed by atoms with E-state index in [1.807, 2.05) is 32.1 Å². The van der Waals surface area contributed by atoms with E-state index in [1.54, 1.807) is 0 Å². The first kappa shape index (κ1) is 10.2. The molecule has 1 N–H and O–H groups in total. The van der Waals surface area contributed by atoms with Crippen molar-refractivity contribution in [1.82, 2.24) is 0 Å². The lowest BCUT2D eigenvalue weighted by molar-refractivity contribution is 0.300. The van der Waals surface area contributed by atoms with Crippen molar-refractivity contribution in [2.75, 3.05) is 6.61 Å². The summed E-state index contributed by atoms with van der Waals surface area (Å²) in [7, 11) is 0. The van der Waals surface area contributed by atoms with Gasteiger partial charge in [-0.3, -0.25) is 0 Å². The van der Waals surface area contributed by atoms with E-state index in [1.165, 1.54) is 0 Å². The average Bonchev–Trinajstić information content (AvgIpc) is 1.87. The number of rotatable bonds is 4. The minimum absolute atomic E-state index is 0.198. The van der Waals surface area contributed by atoms with Gasteiger partial charge in [0.1, 0.15) is 0 Å². The highest BCUT2D eigenvalue weighted by Gasteiger charge is 1.89. The maximum atomic E-state index is 8.67. The maximum absolute atomic E-state index is 8.67. The molecule has 0 aliphatic rings. The number of hydrogen-bond donors (Lipinski definition) is 1. The molecule has 0 bridgehead atoms. The summed E-state index contributed by atoms with van der Waals surface area (Å²) in [6, 6.07) is 0. The van der Waals surface area contributed by atoms with Gasteiger partial charge in [0, 0.05) is 6.61 Å². The smallest absolute Gasteiger partial charge is 0.0471 e. The van der Waals surface area contributed by atoms with Crippen LogP contribution in [0.2, 0.25) is 0 Å². The fourth-order valence-corrected chi connectivity index (χ4v) is 0.863. The molecule has 0 spiro atoms. The first-order valence-corrected chi connectivity index (χ1v) is 3.80. The summed E-state index contributed by atoms with van der Waals surface area (Å²) in [5.74, 6) is 0. The highest BCUT2D eigenvalue weighted by Crippen LogP contribution is 2.06. The molecule has 0 amide bonds. The normalized spacial score (nSPS) is 12.5. The van der Waals surface area contributed by atoms with Gasteiger partial charge in [-0.05, 0) is 25.8 Å². The lowest BCUT2D eigenvalue weighted by Gasteiger charge is -1.97. The Morgan fingerprint density at radius 1 is 1.55 bits per heavy atom. The molecule has 1 nitrogen and oxygen atoms in total. The van der Waals surface area contributed by atoms with Gasteiger partial charge < -0.3 is 5.11 Å². The molecular weight excluding hydrogens is 136 g/mol. The van der Waals surface area contributed by atoms with Crippen molar-refractivity contribution in [3.8, 4) is 0 Å². The van der Waals surface area contributed by atoms with Crippen molar-refractivity contribution in [3.05, 3.63) is 36.0 Å². The Labute approximate surface area is 68.7 Å². The Bertz CT molecular complexity index is 175. The van der Waals surface area contributed by atoms with Gasteiger partial charge in [0.15, 0.2) is 0 Å². The zero-order chi connectivity index (χ0) is 8.69. The molecule has 0 radical (unpaired) electrons. The van der Waals surface area contributed by atoms with E-state index < -0.39 is 0 Å². The lowest BCUT2D eigenvalue weighted by atomic mass is 10.1. The molecule has 0 aliphatic heterocycles. The van der Waals surface area contributed by atoms with Crippen molar-refractivity contribution in [2.45, 2.75) is 20.3 Å². The molecular formula is C10H16O. The molecule has 11 heavy (non-hydrogen) atoms. The quantitative estimate of drug-likeness (QED) is 0.613. The Balaban J connectivity index is 4.19. The molecule has 0 aromatic rings. The van der Waals surface area contributed by atoms with Crippen molar-refractivity contribution >= 4 is 0 Å². The zero-order valence-corrected chi connectivity index (χ0v) is 7.30. The zero-order valence-electron chi connectivity index (χ0n) is 7.30. The highest BCUT2D eigenvalue weighted by molar-refractivity contribution is 5.27. The summed E-state index contributed by atoms with van der Waals surface area (Å²) < 4.78 is 0. The topological polar surface area (TPSA) is 20.2 Å². The summed E-state index contributed by atoms with van der Waals surface area (Å²) >= 11 is 0. The summed E-state index contributed by atoms with van der Waals surface area (Å²) in [6.07, 6.45) is 6.64. The van der Waals surface area contributed by atoms with Crippen LogP contribution in [0.4, 0.5) is 0 Å². The first-order chi connectivity index (χ1) is 5.20. The molecule has 0 heterocycles. The van der Waals surface area contributed by atoms with Crippen LogP contribution in [0, 0.1) is 0 Å². The van der Waals surface area contributed by atoms with Crippen LogP contribution < -0.4 is 0 Å². The van der Waals surface area contributed by atoms with E-state index in [0.717, 1.165) is 11.1 Å². The van der Waals surface area contributed by atoms with Crippen molar-refractivity contribution < 1.29 is 5.11 Å². The summed E-state index contributed by atoms with van der Waals surface area (Å²) in [5, 5.41) is 8.67. The fourth-order valence-electron chi connectivity index (χ4n) is 0.863. The second-order valence-electron chi connectivity index (χ2n) is 2.54. The van der Waals surface area contributed by atoms with Gasteiger partial charge in [-0.25, -0.2) is 0 Å². The Morgan fingerprint density at radius 3 is 2.55 bits per heavy atom. The molecule has 0 atom stereocenters. The highest BCUT2D eigenvalue weighted by atomic mass is 16.2. The van der Waals surface area contributed by atoms with E-state index in [9.17, 15) is 0 Å². The molecule has 0 aromatic heterocycles. The average molecular weight is 152 g/mol. The standard InChI is InChI=1S/C10H16O/c1-4-5-10(6-7-11)8-9(2)3/h4-5,8,11H,2,6-7H2,1,3H3. The third kappa shape index (κ3) is 5.62. The minimum Gasteiger partial charge on any atom is -0.396 e. The molecule has 1 heteroatoms. The van der Waals surface area contributed by atoms with Crippen LogP contribution >= 0.6 is 0 Å². The predicted molar refractivity (Wildman–Crippen MR) is 49.4 cm³/mol. The van der Waals surface area contributed by atoms with Gasteiger partial charge in [-0.15, -0.1) is 0 Å². The summed E-state index contributed by atoms with van der Waals surface area (Å²) in [4.78, 5) is 0.